The summed E-state index contributed by atoms with van der Waals surface area (Å²) in [5, 5.41) is 4.87. The maximum absolute atomic E-state index is 13.9. The summed E-state index contributed by atoms with van der Waals surface area (Å²) in [6.45, 7) is 2.65. The van der Waals surface area contributed by atoms with Gasteiger partial charge in [0.25, 0.3) is 5.91 Å². The fourth-order valence-corrected chi connectivity index (χ4v) is 5.15. The van der Waals surface area contributed by atoms with Gasteiger partial charge in [0.15, 0.2) is 0 Å². The molecule has 34 heavy (non-hydrogen) atoms. The van der Waals surface area contributed by atoms with Crippen molar-refractivity contribution < 1.29 is 23.9 Å². The van der Waals surface area contributed by atoms with Crippen molar-refractivity contribution >= 4 is 34.8 Å². The number of nitrogens with one attached hydrogen (secondary N) is 1. The lowest BCUT2D eigenvalue weighted by atomic mass is 9.81. The Hall–Kier alpha value is -3.49. The van der Waals surface area contributed by atoms with E-state index < -0.39 is 17.9 Å². The minimum atomic E-state index is -0.681. The highest BCUT2D eigenvalue weighted by Gasteiger charge is 2.44. The van der Waals surface area contributed by atoms with Gasteiger partial charge >= 0.3 is 5.97 Å². The van der Waals surface area contributed by atoms with Gasteiger partial charge in [0.05, 0.1) is 36.4 Å². The van der Waals surface area contributed by atoms with Gasteiger partial charge in [-0.15, -0.1) is 11.3 Å². The van der Waals surface area contributed by atoms with E-state index in [1.54, 1.807) is 55.3 Å². The molecule has 0 spiro atoms. The largest absolute Gasteiger partial charge is 0.462 e. The van der Waals surface area contributed by atoms with Gasteiger partial charge in [0.1, 0.15) is 0 Å². The van der Waals surface area contributed by atoms with E-state index in [4.69, 9.17) is 9.47 Å². The van der Waals surface area contributed by atoms with Crippen LogP contribution in [0.2, 0.25) is 0 Å². The molecule has 1 aliphatic heterocycles. The van der Waals surface area contributed by atoms with Gasteiger partial charge in [-0.05, 0) is 42.1 Å². The Bertz CT molecular complexity index is 1180. The molecule has 2 atom stereocenters. The van der Waals surface area contributed by atoms with Crippen molar-refractivity contribution in [3.8, 4) is 0 Å². The number of anilines is 1. The van der Waals surface area contributed by atoms with Crippen LogP contribution < -0.4 is 5.32 Å². The first-order chi connectivity index (χ1) is 16.6. The molecule has 1 N–H and O–H groups in total. The second-order valence-corrected chi connectivity index (χ2v) is 8.75. The van der Waals surface area contributed by atoms with E-state index in [1.165, 1.54) is 11.3 Å². The molecule has 2 heterocycles. The minimum absolute atomic E-state index is 0.137. The molecule has 0 unspecified atom stereocenters. The lowest BCUT2D eigenvalue weighted by Crippen LogP contribution is -2.47. The van der Waals surface area contributed by atoms with Crippen LogP contribution in [0.25, 0.3) is 0 Å². The molecule has 1 aromatic heterocycles. The van der Waals surface area contributed by atoms with Crippen LogP contribution in [0.5, 0.6) is 0 Å². The summed E-state index contributed by atoms with van der Waals surface area (Å²) in [7, 11) is 1.58. The molecule has 0 saturated heterocycles. The van der Waals surface area contributed by atoms with Crippen LogP contribution in [0.4, 0.5) is 5.69 Å². The molecule has 2 aromatic carbocycles. The van der Waals surface area contributed by atoms with Crippen molar-refractivity contribution in [2.75, 3.05) is 32.2 Å². The SMILES string of the molecule is CCOC(=O)c1ccccc1NC(=O)[C@@H]1c2ccccc2C(=O)N(CCOC)[C@@H]1c1cccs1. The number of hydrogen-bond donors (Lipinski definition) is 1. The van der Waals surface area contributed by atoms with Crippen molar-refractivity contribution in [3.63, 3.8) is 0 Å². The van der Waals surface area contributed by atoms with Crippen LogP contribution in [-0.4, -0.2) is 49.6 Å². The molecule has 0 aliphatic carbocycles. The Kier molecular flexibility index (Phi) is 7.40. The molecule has 4 rings (SSSR count). The van der Waals surface area contributed by atoms with E-state index in [-0.39, 0.29) is 24.0 Å². The Balaban J connectivity index is 1.78. The molecule has 176 valence electrons. The zero-order valence-electron chi connectivity index (χ0n) is 19.0. The van der Waals surface area contributed by atoms with E-state index in [9.17, 15) is 14.4 Å². The lowest BCUT2D eigenvalue weighted by molar-refractivity contribution is -0.119. The summed E-state index contributed by atoms with van der Waals surface area (Å²) in [4.78, 5) is 42.4. The standard InChI is InChI=1S/C26H26N2O5S/c1-3-33-26(31)19-11-6-7-12-20(19)27-24(29)22-17-9-4-5-10-18(17)25(30)28(14-15-32-2)23(22)21-13-8-16-34-21/h4-13,16,22-23H,3,14-15H2,1-2H3,(H,27,29)/t22-,23-/m1/s1. The Labute approximate surface area is 202 Å². The third-order valence-corrected chi connectivity index (χ3v) is 6.72. The van der Waals surface area contributed by atoms with E-state index in [0.717, 1.165) is 4.88 Å². The van der Waals surface area contributed by atoms with Crippen LogP contribution in [0.1, 0.15) is 50.0 Å². The van der Waals surface area contributed by atoms with Gasteiger partial charge in [0.2, 0.25) is 5.91 Å². The first-order valence-electron chi connectivity index (χ1n) is 11.1. The quantitative estimate of drug-likeness (QED) is 0.482. The monoisotopic (exact) mass is 478 g/mol. The van der Waals surface area contributed by atoms with Gasteiger partial charge in [0, 0.05) is 24.1 Å². The van der Waals surface area contributed by atoms with Gasteiger partial charge in [-0.25, -0.2) is 4.79 Å². The van der Waals surface area contributed by atoms with Crippen LogP contribution in [0, 0.1) is 0 Å². The maximum Gasteiger partial charge on any atom is 0.340 e. The van der Waals surface area contributed by atoms with E-state index in [0.29, 0.717) is 30.0 Å². The molecule has 7 nitrogen and oxygen atoms in total. The van der Waals surface area contributed by atoms with Crippen molar-refractivity contribution in [1.82, 2.24) is 4.90 Å². The number of fused-ring (bicyclic) bond motifs is 1. The van der Waals surface area contributed by atoms with Gasteiger partial charge in [-0.1, -0.05) is 36.4 Å². The zero-order chi connectivity index (χ0) is 24.1. The number of para-hydroxylation sites is 1. The minimum Gasteiger partial charge on any atom is -0.462 e. The van der Waals surface area contributed by atoms with Gasteiger partial charge in [-0.2, -0.15) is 0 Å². The number of benzene rings is 2. The van der Waals surface area contributed by atoms with Crippen molar-refractivity contribution in [2.45, 2.75) is 18.9 Å². The van der Waals surface area contributed by atoms with E-state index in [1.807, 2.05) is 29.6 Å². The number of hydrogen-bond acceptors (Lipinski definition) is 6. The molecule has 0 fully saturated rings. The van der Waals surface area contributed by atoms with Crippen molar-refractivity contribution in [1.29, 1.82) is 0 Å². The van der Waals surface area contributed by atoms with Crippen molar-refractivity contribution in [3.05, 3.63) is 87.6 Å². The highest BCUT2D eigenvalue weighted by atomic mass is 32.1. The Morgan fingerprint density at radius 1 is 1.06 bits per heavy atom. The predicted molar refractivity (Wildman–Crippen MR) is 130 cm³/mol. The summed E-state index contributed by atoms with van der Waals surface area (Å²) >= 11 is 1.50. The van der Waals surface area contributed by atoms with E-state index in [2.05, 4.69) is 5.32 Å². The van der Waals surface area contributed by atoms with Crippen LogP contribution in [0.15, 0.2) is 66.0 Å². The number of methoxy groups -OCH3 is 1. The maximum atomic E-state index is 13.9. The van der Waals surface area contributed by atoms with Crippen LogP contribution in [-0.2, 0) is 14.3 Å². The molecule has 0 radical (unpaired) electrons. The number of esters is 1. The smallest absolute Gasteiger partial charge is 0.340 e. The average molecular weight is 479 g/mol. The average Bonchev–Trinajstić information content (AvgIpc) is 3.38. The van der Waals surface area contributed by atoms with Gasteiger partial charge in [-0.3, -0.25) is 9.59 Å². The van der Waals surface area contributed by atoms with Gasteiger partial charge < -0.3 is 19.7 Å². The zero-order valence-corrected chi connectivity index (χ0v) is 19.8. The topological polar surface area (TPSA) is 84.9 Å². The summed E-state index contributed by atoms with van der Waals surface area (Å²) < 4.78 is 10.4. The molecule has 3 aromatic rings. The molecule has 1 aliphatic rings. The summed E-state index contributed by atoms with van der Waals surface area (Å²) in [5.41, 5.74) is 1.80. The summed E-state index contributed by atoms with van der Waals surface area (Å²) in [5.74, 6) is -1.63. The second-order valence-electron chi connectivity index (χ2n) is 7.77. The molecular weight excluding hydrogens is 452 g/mol. The normalized spacial score (nSPS) is 17.2. The molecule has 0 saturated carbocycles. The Morgan fingerprint density at radius 3 is 2.56 bits per heavy atom. The molecular formula is C26H26N2O5S. The molecule has 2 amide bonds. The number of rotatable bonds is 8. The van der Waals surface area contributed by atoms with Crippen LogP contribution in [0.3, 0.4) is 0 Å². The third kappa shape index (κ3) is 4.60. The highest BCUT2D eigenvalue weighted by Crippen LogP contribution is 2.44. The molecule has 8 heteroatoms. The second kappa shape index (κ2) is 10.6. The first kappa shape index (κ1) is 23.7. The number of thiophene rings is 1. The first-order valence-corrected chi connectivity index (χ1v) is 11.9. The third-order valence-electron chi connectivity index (χ3n) is 5.77. The van der Waals surface area contributed by atoms with Crippen molar-refractivity contribution in [2.24, 2.45) is 0 Å². The number of carbonyl (C=O) groups is 3. The number of amides is 2. The number of carbonyl (C=O) groups excluding carboxylic acids is 3. The predicted octanol–water partition coefficient (Wildman–Crippen LogP) is 4.49. The highest BCUT2D eigenvalue weighted by molar-refractivity contribution is 7.10. The fraction of sp³-hybridized carbons (Fsp3) is 0.269. The number of ether oxygens (including phenoxy) is 2. The fourth-order valence-electron chi connectivity index (χ4n) is 4.28. The lowest BCUT2D eigenvalue weighted by Gasteiger charge is -2.41. The van der Waals surface area contributed by atoms with Crippen LogP contribution >= 0.6 is 11.3 Å². The molecule has 0 bridgehead atoms. The number of nitrogens with zero attached hydrogens (tertiary/aromatic N) is 1. The summed E-state index contributed by atoms with van der Waals surface area (Å²) in [6, 6.07) is 17.3. The Morgan fingerprint density at radius 2 is 1.82 bits per heavy atom. The van der Waals surface area contributed by atoms with E-state index >= 15 is 0 Å². The summed E-state index contributed by atoms with van der Waals surface area (Å²) in [6.07, 6.45) is 0.